The summed E-state index contributed by atoms with van der Waals surface area (Å²) in [5, 5.41) is 2.84. The van der Waals surface area contributed by atoms with E-state index in [0.29, 0.717) is 4.99 Å². The normalized spacial score (nSPS) is 8.67. The van der Waals surface area contributed by atoms with Gasteiger partial charge in [-0.25, -0.2) is 0 Å². The average molecular weight is 161 g/mol. The highest BCUT2D eigenvalue weighted by Crippen LogP contribution is 1.92. The van der Waals surface area contributed by atoms with Gasteiger partial charge in [0.25, 0.3) is 0 Å². The number of thiocarbonyl (C=S) groups is 2. The number of rotatable bonds is 3. The lowest BCUT2D eigenvalue weighted by Crippen LogP contribution is -2.23. The molecule has 0 saturated carbocycles. The van der Waals surface area contributed by atoms with E-state index >= 15 is 0 Å². The van der Waals surface area contributed by atoms with E-state index in [9.17, 15) is 0 Å². The predicted molar refractivity (Wildman–Crippen MR) is 49.2 cm³/mol. The van der Waals surface area contributed by atoms with Crippen LogP contribution in [0, 0.1) is 0 Å². The molecule has 0 fully saturated rings. The molecule has 0 spiro atoms. The zero-order valence-electron chi connectivity index (χ0n) is 5.73. The molecular formula is C6H11NS2. The van der Waals surface area contributed by atoms with E-state index in [2.05, 4.69) is 12.2 Å². The van der Waals surface area contributed by atoms with E-state index in [-0.39, 0.29) is 0 Å². The van der Waals surface area contributed by atoms with E-state index in [0.717, 1.165) is 17.7 Å². The van der Waals surface area contributed by atoms with E-state index in [1.165, 1.54) is 0 Å². The highest BCUT2D eigenvalue weighted by Gasteiger charge is 1.98. The predicted octanol–water partition coefficient (Wildman–Crippen LogP) is 1.70. The molecule has 0 aliphatic rings. The van der Waals surface area contributed by atoms with Gasteiger partial charge in [0, 0.05) is 11.9 Å². The van der Waals surface area contributed by atoms with Crippen molar-refractivity contribution in [1.82, 2.24) is 5.32 Å². The third kappa shape index (κ3) is 3.54. The minimum Gasteiger partial charge on any atom is -0.378 e. The molecule has 0 unspecified atom stereocenters. The van der Waals surface area contributed by atoms with Gasteiger partial charge in [-0.3, -0.25) is 0 Å². The monoisotopic (exact) mass is 161 g/mol. The van der Waals surface area contributed by atoms with Gasteiger partial charge >= 0.3 is 0 Å². The molecule has 0 saturated heterocycles. The molecule has 0 atom stereocenters. The molecule has 0 aromatic rings. The highest BCUT2D eigenvalue weighted by atomic mass is 32.1. The van der Waals surface area contributed by atoms with Crippen LogP contribution in [0.3, 0.4) is 0 Å². The van der Waals surface area contributed by atoms with Gasteiger partial charge in [-0.2, -0.15) is 0 Å². The fraction of sp³-hybridized carbons (Fsp3) is 0.667. The number of hydrogen-bond donors (Lipinski definition) is 1. The zero-order chi connectivity index (χ0) is 7.28. The molecule has 3 heteroatoms. The Balaban J connectivity index is 3.60. The van der Waals surface area contributed by atoms with Crippen LogP contribution in [0.15, 0.2) is 0 Å². The molecule has 0 aliphatic heterocycles. The maximum absolute atomic E-state index is 4.97. The third-order valence-electron chi connectivity index (χ3n) is 0.957. The van der Waals surface area contributed by atoms with Gasteiger partial charge in [0.15, 0.2) is 0 Å². The van der Waals surface area contributed by atoms with Gasteiger partial charge in [0.2, 0.25) is 0 Å². The van der Waals surface area contributed by atoms with Crippen LogP contribution in [0.4, 0.5) is 0 Å². The molecule has 0 bridgehead atoms. The Hall–Kier alpha value is -0.0200. The summed E-state index contributed by atoms with van der Waals surface area (Å²) in [7, 11) is 1.80. The summed E-state index contributed by atoms with van der Waals surface area (Å²) in [5.41, 5.74) is 0. The summed E-state index contributed by atoms with van der Waals surface area (Å²) in [6.07, 6.45) is 2.00. The number of nitrogens with one attached hydrogen (secondary N) is 1. The smallest absolute Gasteiger partial charge is 0.113 e. The molecule has 1 nitrogen and oxygen atoms in total. The first-order chi connectivity index (χ1) is 4.22. The molecule has 0 aromatic heterocycles. The quantitative estimate of drug-likeness (QED) is 0.633. The van der Waals surface area contributed by atoms with Crippen molar-refractivity contribution in [2.24, 2.45) is 0 Å². The summed E-state index contributed by atoms with van der Waals surface area (Å²) in [5.74, 6) is 0. The first-order valence-corrected chi connectivity index (χ1v) is 3.79. The van der Waals surface area contributed by atoms with Crippen LogP contribution in [0.25, 0.3) is 0 Å². The molecule has 1 N–H and O–H groups in total. The summed E-state index contributed by atoms with van der Waals surface area (Å²) in [6.45, 7) is 2.09. The second kappa shape index (κ2) is 4.82. The Kier molecular flexibility index (Phi) is 4.81. The fourth-order valence-electron chi connectivity index (χ4n) is 0.480. The van der Waals surface area contributed by atoms with Gasteiger partial charge < -0.3 is 5.32 Å². The van der Waals surface area contributed by atoms with Gasteiger partial charge in [0.1, 0.15) is 4.99 Å². The topological polar surface area (TPSA) is 12.0 Å². The second-order valence-electron chi connectivity index (χ2n) is 1.75. The Morgan fingerprint density at radius 3 is 2.33 bits per heavy atom. The van der Waals surface area contributed by atoms with Crippen molar-refractivity contribution in [2.45, 2.75) is 19.8 Å². The van der Waals surface area contributed by atoms with Crippen molar-refractivity contribution in [1.29, 1.82) is 0 Å². The van der Waals surface area contributed by atoms with E-state index < -0.39 is 0 Å². The van der Waals surface area contributed by atoms with Crippen LogP contribution in [-0.2, 0) is 0 Å². The zero-order valence-corrected chi connectivity index (χ0v) is 7.36. The van der Waals surface area contributed by atoms with Crippen molar-refractivity contribution in [2.75, 3.05) is 7.05 Å². The standard InChI is InChI=1S/C6H11NS2/c1-3-4-5(8)6(9)7-2/h3-4H2,1-2H3,(H,7,9). The Morgan fingerprint density at radius 1 is 1.44 bits per heavy atom. The van der Waals surface area contributed by atoms with Gasteiger partial charge in [-0.1, -0.05) is 37.8 Å². The van der Waals surface area contributed by atoms with E-state index in [1.807, 2.05) is 0 Å². The Bertz CT molecular complexity index is 120. The lowest BCUT2D eigenvalue weighted by atomic mass is 10.2. The first kappa shape index (κ1) is 8.98. The average Bonchev–Trinajstić information content (AvgIpc) is 1.87. The third-order valence-corrected chi connectivity index (χ3v) is 1.95. The highest BCUT2D eigenvalue weighted by molar-refractivity contribution is 7.89. The molecule has 0 rings (SSSR count). The lowest BCUT2D eigenvalue weighted by molar-refractivity contribution is 1.01. The summed E-state index contributed by atoms with van der Waals surface area (Å²) >= 11 is 9.86. The van der Waals surface area contributed by atoms with Crippen molar-refractivity contribution >= 4 is 34.3 Å². The molecule has 0 aromatic carbocycles. The molecule has 52 valence electrons. The van der Waals surface area contributed by atoms with Crippen molar-refractivity contribution in [3.05, 3.63) is 0 Å². The lowest BCUT2D eigenvalue weighted by Gasteiger charge is -2.00. The maximum Gasteiger partial charge on any atom is 0.113 e. The second-order valence-corrected chi connectivity index (χ2v) is 2.65. The van der Waals surface area contributed by atoms with Crippen LogP contribution >= 0.6 is 24.4 Å². The molecule has 0 radical (unpaired) electrons. The van der Waals surface area contributed by atoms with Gasteiger partial charge in [0.05, 0.1) is 0 Å². The van der Waals surface area contributed by atoms with Crippen molar-refractivity contribution in [3.63, 3.8) is 0 Å². The molecule has 0 aliphatic carbocycles. The molecule has 9 heavy (non-hydrogen) atoms. The van der Waals surface area contributed by atoms with Gasteiger partial charge in [-0.15, -0.1) is 0 Å². The molecule has 0 amide bonds. The van der Waals surface area contributed by atoms with Crippen LogP contribution in [0.5, 0.6) is 0 Å². The van der Waals surface area contributed by atoms with E-state index in [1.54, 1.807) is 7.05 Å². The molecule has 0 heterocycles. The van der Waals surface area contributed by atoms with Crippen LogP contribution in [0.2, 0.25) is 0 Å². The van der Waals surface area contributed by atoms with Crippen LogP contribution < -0.4 is 5.32 Å². The minimum absolute atomic E-state index is 0.715. The molecular weight excluding hydrogens is 150 g/mol. The van der Waals surface area contributed by atoms with Crippen molar-refractivity contribution < 1.29 is 0 Å². The summed E-state index contributed by atoms with van der Waals surface area (Å²) in [4.78, 5) is 1.59. The fourth-order valence-corrected chi connectivity index (χ4v) is 0.888. The first-order valence-electron chi connectivity index (χ1n) is 2.97. The van der Waals surface area contributed by atoms with Crippen LogP contribution in [-0.4, -0.2) is 16.9 Å². The minimum atomic E-state index is 0.715. The Morgan fingerprint density at radius 2 is 2.00 bits per heavy atom. The van der Waals surface area contributed by atoms with E-state index in [4.69, 9.17) is 24.4 Å². The largest absolute Gasteiger partial charge is 0.378 e. The van der Waals surface area contributed by atoms with Crippen molar-refractivity contribution in [3.8, 4) is 0 Å². The summed E-state index contributed by atoms with van der Waals surface area (Å²) in [6, 6.07) is 0. The number of hydrogen-bond acceptors (Lipinski definition) is 2. The van der Waals surface area contributed by atoms with Gasteiger partial charge in [-0.05, 0) is 6.42 Å². The van der Waals surface area contributed by atoms with Crippen LogP contribution in [0.1, 0.15) is 19.8 Å². The Labute approximate surface area is 66.8 Å². The SMILES string of the molecule is CCCC(=S)C(=S)NC. The summed E-state index contributed by atoms with van der Waals surface area (Å²) < 4.78 is 0. The maximum atomic E-state index is 4.97.